The Morgan fingerprint density at radius 2 is 2.04 bits per heavy atom. The second-order valence-corrected chi connectivity index (χ2v) is 7.03. The van der Waals surface area contributed by atoms with E-state index in [4.69, 9.17) is 14.2 Å². The van der Waals surface area contributed by atoms with Crippen LogP contribution < -0.4 is 10.3 Å². The lowest BCUT2D eigenvalue weighted by molar-refractivity contribution is -0.147. The zero-order valence-electron chi connectivity index (χ0n) is 15.7. The van der Waals surface area contributed by atoms with Crippen molar-refractivity contribution in [2.24, 2.45) is 0 Å². The van der Waals surface area contributed by atoms with Crippen molar-refractivity contribution in [1.29, 1.82) is 0 Å². The number of carbonyl (C=O) groups is 1. The summed E-state index contributed by atoms with van der Waals surface area (Å²) < 4.78 is 17.1. The summed E-state index contributed by atoms with van der Waals surface area (Å²) in [6, 6.07) is 8.67. The zero-order chi connectivity index (χ0) is 19.9. The lowest BCUT2D eigenvalue weighted by Crippen LogP contribution is -2.18. The fourth-order valence-corrected chi connectivity index (χ4v) is 3.25. The minimum absolute atomic E-state index is 0.103. The number of carbonyl (C=O) groups excluding carboxylic acids is 1. The number of hydrogen-bond donors (Lipinski definition) is 0. The Hall–Kier alpha value is -2.78. The third kappa shape index (κ3) is 5.37. The maximum absolute atomic E-state index is 12.2. The second-order valence-electron chi connectivity index (χ2n) is 5.99. The van der Waals surface area contributed by atoms with Gasteiger partial charge in [0.2, 0.25) is 4.96 Å². The van der Waals surface area contributed by atoms with E-state index in [-0.39, 0.29) is 18.8 Å². The fourth-order valence-electron chi connectivity index (χ4n) is 2.35. The van der Waals surface area contributed by atoms with Crippen molar-refractivity contribution < 1.29 is 19.0 Å². The molecule has 3 aromatic rings. The quantitative estimate of drug-likeness (QED) is 0.399. The van der Waals surface area contributed by atoms with Gasteiger partial charge >= 0.3 is 5.97 Å². The van der Waals surface area contributed by atoms with Gasteiger partial charge in [-0.15, -0.1) is 0 Å². The molecule has 148 valence electrons. The van der Waals surface area contributed by atoms with E-state index in [0.717, 1.165) is 10.6 Å². The molecule has 0 aliphatic carbocycles. The first-order chi connectivity index (χ1) is 13.5. The Balaban J connectivity index is 1.56. The number of aryl methyl sites for hydroxylation is 1. The van der Waals surface area contributed by atoms with Crippen LogP contribution in [0, 0.1) is 6.92 Å². The molecular weight excluding hydrogens is 382 g/mol. The number of benzene rings is 1. The molecule has 2 heterocycles. The van der Waals surface area contributed by atoms with E-state index in [9.17, 15) is 9.59 Å². The number of ether oxygens (including phenoxy) is 3. The molecule has 9 heteroatoms. The van der Waals surface area contributed by atoms with Gasteiger partial charge in [-0.05, 0) is 26.0 Å². The Morgan fingerprint density at radius 3 is 2.79 bits per heavy atom. The molecule has 0 spiro atoms. The van der Waals surface area contributed by atoms with Crippen LogP contribution in [-0.2, 0) is 27.3 Å². The average Bonchev–Trinajstić information content (AvgIpc) is 3.10. The van der Waals surface area contributed by atoms with Gasteiger partial charge in [0.15, 0.2) is 6.61 Å². The maximum atomic E-state index is 12.2. The second kappa shape index (κ2) is 9.43. The van der Waals surface area contributed by atoms with E-state index in [1.807, 2.05) is 26.0 Å². The minimum Gasteiger partial charge on any atom is -0.482 e. The first-order valence-corrected chi connectivity index (χ1v) is 9.68. The average molecular weight is 403 g/mol. The summed E-state index contributed by atoms with van der Waals surface area (Å²) in [6.45, 7) is 4.74. The van der Waals surface area contributed by atoms with Crippen molar-refractivity contribution in [3.63, 3.8) is 0 Å². The third-order valence-corrected chi connectivity index (χ3v) is 4.73. The Morgan fingerprint density at radius 1 is 1.25 bits per heavy atom. The van der Waals surface area contributed by atoms with Gasteiger partial charge in [0, 0.05) is 19.1 Å². The normalized spacial score (nSPS) is 10.9. The van der Waals surface area contributed by atoms with Crippen LogP contribution in [0.3, 0.4) is 0 Å². The van der Waals surface area contributed by atoms with Crippen molar-refractivity contribution in [3.05, 3.63) is 57.0 Å². The smallest absolute Gasteiger partial charge is 0.344 e. The number of aromatic nitrogens is 3. The van der Waals surface area contributed by atoms with Crippen LogP contribution >= 0.6 is 11.3 Å². The number of esters is 1. The van der Waals surface area contributed by atoms with Crippen molar-refractivity contribution in [3.8, 4) is 5.75 Å². The monoisotopic (exact) mass is 403 g/mol. The molecule has 0 aliphatic rings. The molecule has 0 amide bonds. The molecule has 1 aromatic carbocycles. The Kier molecular flexibility index (Phi) is 6.72. The topological polar surface area (TPSA) is 92.0 Å². The van der Waals surface area contributed by atoms with Crippen molar-refractivity contribution in [2.75, 3.05) is 19.8 Å². The van der Waals surface area contributed by atoms with Gasteiger partial charge in [-0.25, -0.2) is 9.78 Å². The molecule has 28 heavy (non-hydrogen) atoms. The predicted octanol–water partition coefficient (Wildman–Crippen LogP) is 2.16. The highest BCUT2D eigenvalue weighted by Gasteiger charge is 2.11. The van der Waals surface area contributed by atoms with Crippen LogP contribution in [0.5, 0.6) is 5.75 Å². The molecule has 0 radical (unpaired) electrons. The van der Waals surface area contributed by atoms with Gasteiger partial charge in [-0.3, -0.25) is 4.79 Å². The van der Waals surface area contributed by atoms with Gasteiger partial charge in [0.05, 0.1) is 12.3 Å². The zero-order valence-corrected chi connectivity index (χ0v) is 16.5. The van der Waals surface area contributed by atoms with Crippen LogP contribution in [0.25, 0.3) is 4.96 Å². The molecule has 0 atom stereocenters. The summed E-state index contributed by atoms with van der Waals surface area (Å²) in [5, 5.41) is 5.00. The molecule has 0 saturated carbocycles. The largest absolute Gasteiger partial charge is 0.482 e. The minimum atomic E-state index is -0.538. The standard InChI is InChI=1S/C19H21N3O5S/c1-3-25-9-8-16-21-22-17(23)10-14(20-19(22)28-16)11-27-18(24)12-26-15-6-4-13(2)5-7-15/h4-7,10H,3,8-9,11-12H2,1-2H3. The number of nitrogens with zero attached hydrogens (tertiary/aromatic N) is 3. The van der Waals surface area contributed by atoms with Gasteiger partial charge in [0.1, 0.15) is 17.4 Å². The molecule has 0 unspecified atom stereocenters. The molecule has 0 aliphatic heterocycles. The van der Waals surface area contributed by atoms with Crippen molar-refractivity contribution >= 4 is 22.3 Å². The van der Waals surface area contributed by atoms with Crippen LogP contribution in [0.4, 0.5) is 0 Å². The molecule has 0 saturated heterocycles. The Bertz CT molecular complexity index is 997. The predicted molar refractivity (Wildman–Crippen MR) is 104 cm³/mol. The van der Waals surface area contributed by atoms with Gasteiger partial charge < -0.3 is 14.2 Å². The van der Waals surface area contributed by atoms with E-state index >= 15 is 0 Å². The van der Waals surface area contributed by atoms with Crippen molar-refractivity contribution in [1.82, 2.24) is 14.6 Å². The Labute approximate surface area is 165 Å². The van der Waals surface area contributed by atoms with E-state index in [1.54, 1.807) is 12.1 Å². The highest BCUT2D eigenvalue weighted by Crippen LogP contribution is 2.13. The van der Waals surface area contributed by atoms with E-state index < -0.39 is 5.97 Å². The van der Waals surface area contributed by atoms with Crippen LogP contribution in [-0.4, -0.2) is 40.4 Å². The van der Waals surface area contributed by atoms with E-state index in [2.05, 4.69) is 10.1 Å². The lowest BCUT2D eigenvalue weighted by atomic mass is 10.2. The number of rotatable bonds is 9. The summed E-state index contributed by atoms with van der Waals surface area (Å²) in [6.07, 6.45) is 0.613. The van der Waals surface area contributed by atoms with Gasteiger partial charge in [0.25, 0.3) is 5.56 Å². The van der Waals surface area contributed by atoms with Crippen molar-refractivity contribution in [2.45, 2.75) is 26.9 Å². The van der Waals surface area contributed by atoms with E-state index in [0.29, 0.717) is 36.0 Å². The third-order valence-electron chi connectivity index (χ3n) is 3.76. The summed E-state index contributed by atoms with van der Waals surface area (Å²) >= 11 is 1.31. The number of fused-ring (bicyclic) bond motifs is 1. The first kappa shape index (κ1) is 20.0. The summed E-state index contributed by atoms with van der Waals surface area (Å²) in [5.74, 6) is 0.0499. The van der Waals surface area contributed by atoms with E-state index in [1.165, 1.54) is 21.9 Å². The van der Waals surface area contributed by atoms with Gasteiger partial charge in [-0.1, -0.05) is 29.0 Å². The van der Waals surface area contributed by atoms with Crippen LogP contribution in [0.15, 0.2) is 35.1 Å². The highest BCUT2D eigenvalue weighted by atomic mass is 32.1. The SMILES string of the molecule is CCOCCc1nn2c(=O)cc(COC(=O)COc3ccc(C)cc3)nc2s1. The summed E-state index contributed by atoms with van der Waals surface area (Å²) in [7, 11) is 0. The number of hydrogen-bond acceptors (Lipinski definition) is 8. The molecule has 0 fully saturated rings. The molecule has 3 rings (SSSR count). The molecule has 2 aromatic heterocycles. The lowest BCUT2D eigenvalue weighted by Gasteiger charge is -2.07. The van der Waals surface area contributed by atoms with Gasteiger partial charge in [-0.2, -0.15) is 9.61 Å². The first-order valence-electron chi connectivity index (χ1n) is 8.86. The summed E-state index contributed by atoms with van der Waals surface area (Å²) in [4.78, 5) is 28.9. The highest BCUT2D eigenvalue weighted by molar-refractivity contribution is 7.16. The molecule has 0 bridgehead atoms. The van der Waals surface area contributed by atoms with Crippen LogP contribution in [0.2, 0.25) is 0 Å². The van der Waals surface area contributed by atoms with Crippen LogP contribution in [0.1, 0.15) is 23.2 Å². The maximum Gasteiger partial charge on any atom is 0.344 e. The summed E-state index contributed by atoms with van der Waals surface area (Å²) in [5.41, 5.74) is 1.16. The molecule has 0 N–H and O–H groups in total. The fraction of sp³-hybridized carbons (Fsp3) is 0.368. The molecular formula is C19H21N3O5S. The molecule has 8 nitrogen and oxygen atoms in total.